The molecule has 1 unspecified atom stereocenters. The lowest BCUT2D eigenvalue weighted by atomic mass is 9.90. The molecule has 0 aliphatic carbocycles. The van der Waals surface area contributed by atoms with Crippen molar-refractivity contribution in [2.45, 2.75) is 89.3 Å². The van der Waals surface area contributed by atoms with E-state index in [1.165, 1.54) is 4.57 Å². The van der Waals surface area contributed by atoms with Gasteiger partial charge in [0.05, 0.1) is 23.6 Å². The summed E-state index contributed by atoms with van der Waals surface area (Å²) < 4.78 is 31.7. The van der Waals surface area contributed by atoms with Gasteiger partial charge in [0.25, 0.3) is 18.3 Å². The van der Waals surface area contributed by atoms with Crippen LogP contribution in [0.4, 0.5) is 20.2 Å². The Morgan fingerprint density at radius 1 is 0.880 bits per heavy atom. The van der Waals surface area contributed by atoms with Crippen LogP contribution in [0.3, 0.4) is 0 Å². The zero-order valence-electron chi connectivity index (χ0n) is 42.9. The lowest BCUT2D eigenvalue weighted by Crippen LogP contribution is -2.47. The normalized spacial score (nSPS) is 21.2. The molecule has 5 aliphatic heterocycles. The first-order chi connectivity index (χ1) is 36.1. The molecular weight excluding hydrogens is 961 g/mol. The zero-order valence-corrected chi connectivity index (χ0v) is 42.9. The van der Waals surface area contributed by atoms with Crippen LogP contribution in [0.25, 0.3) is 21.8 Å². The Kier molecular flexibility index (Phi) is 16.0. The molecule has 5 N–H and O–H groups in total. The number of carboxylic acid groups (broad SMARTS) is 1. The second kappa shape index (κ2) is 22.8. The summed E-state index contributed by atoms with van der Waals surface area (Å²) in [6, 6.07) is 21.2. The SMILES string of the molecule is Cc1ccc(N[C@H]2CNCC2(F)F)cc1C(=O)N[C@H](C)c1ccc(C#CC2CCN(CC3CCN(C(=O)C4CCN(c5ccc6c(c5)n(C)c(=O)n6C5CCC(=O)NC5=O)CC4)CC3)CC2)c2ccccc12.O=CO. The maximum Gasteiger partial charge on any atom is 0.329 e. The fourth-order valence-corrected chi connectivity index (χ4v) is 11.7. The molecule has 0 radical (unpaired) electrons. The van der Waals surface area contributed by atoms with Gasteiger partial charge in [-0.05, 0) is 136 Å². The van der Waals surface area contributed by atoms with Crippen LogP contribution >= 0.6 is 0 Å². The molecule has 10 rings (SSSR count). The monoisotopic (exact) mass is 1030 g/mol. The van der Waals surface area contributed by atoms with E-state index in [9.17, 15) is 32.8 Å². The molecule has 5 saturated heterocycles. The van der Waals surface area contributed by atoms with Crippen molar-refractivity contribution in [3.63, 3.8) is 0 Å². The van der Waals surface area contributed by atoms with Crippen molar-refractivity contribution in [2.75, 3.05) is 69.1 Å². The maximum atomic E-state index is 14.3. The number of anilines is 2. The van der Waals surface area contributed by atoms with Crippen LogP contribution in [-0.2, 0) is 26.2 Å². The third-order valence-electron chi connectivity index (χ3n) is 16.1. The molecule has 4 amide bonds. The minimum absolute atomic E-state index is 0.00209. The van der Waals surface area contributed by atoms with Crippen LogP contribution < -0.4 is 31.9 Å². The highest BCUT2D eigenvalue weighted by molar-refractivity contribution is 6.00. The Balaban J connectivity index is 0.00000224. The van der Waals surface area contributed by atoms with Crippen LogP contribution in [0.5, 0.6) is 0 Å². The smallest absolute Gasteiger partial charge is 0.329 e. The number of hydrogen-bond acceptors (Lipinski definition) is 10. The first kappa shape index (κ1) is 52.8. The third kappa shape index (κ3) is 11.6. The summed E-state index contributed by atoms with van der Waals surface area (Å²) in [4.78, 5) is 80.4. The van der Waals surface area contributed by atoms with Gasteiger partial charge in [0.15, 0.2) is 0 Å². The van der Waals surface area contributed by atoms with Gasteiger partial charge in [-0.1, -0.05) is 48.2 Å². The fraction of sp³-hybridized carbons (Fsp3) is 0.474. The molecule has 5 aromatic rings. The predicted octanol–water partition coefficient (Wildman–Crippen LogP) is 6.21. The number of alkyl halides is 2. The second-order valence-electron chi connectivity index (χ2n) is 20.9. The number of carbonyl (C=O) groups is 5. The number of nitrogens with zero attached hydrogens (tertiary/aromatic N) is 5. The minimum atomic E-state index is -2.88. The van der Waals surface area contributed by atoms with E-state index in [0.29, 0.717) is 35.0 Å². The molecule has 396 valence electrons. The summed E-state index contributed by atoms with van der Waals surface area (Å²) in [6.07, 6.45) is 6.09. The fourth-order valence-electron chi connectivity index (χ4n) is 11.7. The second-order valence-corrected chi connectivity index (χ2v) is 20.9. The molecule has 18 heteroatoms. The molecule has 4 aromatic carbocycles. The van der Waals surface area contributed by atoms with Crippen LogP contribution in [0.1, 0.15) is 97.4 Å². The molecule has 6 heterocycles. The number of halogens is 2. The molecule has 16 nitrogen and oxygen atoms in total. The largest absolute Gasteiger partial charge is 0.483 e. The van der Waals surface area contributed by atoms with Crippen molar-refractivity contribution in [2.24, 2.45) is 24.8 Å². The molecule has 3 atom stereocenters. The van der Waals surface area contributed by atoms with Gasteiger partial charge < -0.3 is 35.8 Å². The van der Waals surface area contributed by atoms with Crippen molar-refractivity contribution >= 4 is 63.3 Å². The lowest BCUT2D eigenvalue weighted by molar-refractivity contribution is -0.138. The molecule has 0 bridgehead atoms. The average Bonchev–Trinajstić information content (AvgIpc) is 3.88. The number of aromatic nitrogens is 2. The summed E-state index contributed by atoms with van der Waals surface area (Å²) in [6.45, 7) is 9.48. The third-order valence-corrected chi connectivity index (χ3v) is 16.1. The number of rotatable bonds is 10. The van der Waals surface area contributed by atoms with E-state index in [4.69, 9.17) is 9.90 Å². The van der Waals surface area contributed by atoms with Gasteiger partial charge in [0.1, 0.15) is 12.1 Å². The van der Waals surface area contributed by atoms with E-state index >= 15 is 0 Å². The first-order valence-corrected chi connectivity index (χ1v) is 26.3. The number of likely N-dealkylation sites (tertiary alicyclic amines) is 2. The highest BCUT2D eigenvalue weighted by Crippen LogP contribution is 2.33. The van der Waals surface area contributed by atoms with Crippen LogP contribution in [0.15, 0.2) is 77.6 Å². The maximum absolute atomic E-state index is 14.3. The van der Waals surface area contributed by atoms with Crippen LogP contribution in [-0.4, -0.2) is 125 Å². The minimum Gasteiger partial charge on any atom is -0.483 e. The lowest BCUT2D eigenvalue weighted by Gasteiger charge is -2.39. The van der Waals surface area contributed by atoms with E-state index in [1.54, 1.807) is 29.8 Å². The molecule has 5 aliphatic rings. The van der Waals surface area contributed by atoms with Crippen molar-refractivity contribution in [1.29, 1.82) is 0 Å². The Morgan fingerprint density at radius 2 is 1.60 bits per heavy atom. The van der Waals surface area contributed by atoms with Gasteiger partial charge in [-0.3, -0.25) is 38.4 Å². The summed E-state index contributed by atoms with van der Waals surface area (Å²) in [7, 11) is 1.71. The standard InChI is InChI=1S/C56H65F2N9O5.CH2O2/c1-35-8-12-41(61-50-32-59-34-56(50,57)58)30-46(35)52(69)60-36(2)43-14-11-39(44-6-4-5-7-45(43)44)10-9-37-18-24-64(25-19-37)33-38-20-26-66(27-21-38)54(71)40-22-28-65(29-23-40)42-13-15-47-49(31-42)63(3)55(72)67(47)48-16-17-51(68)62-53(48)70;2-1-3/h4-8,11-15,30-31,36-38,40,48,50,59,61H,16-29,32-34H2,1-3H3,(H,60,69)(H,62,68,70);1H,(H,2,3)/t36-,48?,50+;/m1./s1. The molecule has 0 spiro atoms. The van der Waals surface area contributed by atoms with Gasteiger partial charge >= 0.3 is 5.69 Å². The Morgan fingerprint density at radius 3 is 2.29 bits per heavy atom. The van der Waals surface area contributed by atoms with E-state index in [2.05, 4.69) is 66.0 Å². The Hall–Kier alpha value is -7.10. The predicted molar refractivity (Wildman–Crippen MR) is 284 cm³/mol. The highest BCUT2D eigenvalue weighted by Gasteiger charge is 2.44. The summed E-state index contributed by atoms with van der Waals surface area (Å²) >= 11 is 0. The van der Waals surface area contributed by atoms with Gasteiger partial charge in [-0.25, -0.2) is 13.6 Å². The summed E-state index contributed by atoms with van der Waals surface area (Å²) in [5, 5.41) is 20.1. The number of nitrogens with one attached hydrogen (secondary N) is 4. The van der Waals surface area contributed by atoms with Gasteiger partial charge in [0, 0.05) is 87.1 Å². The number of amides is 4. The van der Waals surface area contributed by atoms with Crippen LogP contribution in [0, 0.1) is 36.5 Å². The van der Waals surface area contributed by atoms with E-state index in [1.807, 2.05) is 50.2 Å². The number of fused-ring (bicyclic) bond motifs is 2. The zero-order chi connectivity index (χ0) is 53.0. The van der Waals surface area contributed by atoms with Crippen molar-refractivity contribution in [3.8, 4) is 11.8 Å². The van der Waals surface area contributed by atoms with Gasteiger partial charge in [0.2, 0.25) is 17.7 Å². The number of piperidine rings is 4. The van der Waals surface area contributed by atoms with Gasteiger partial charge in [-0.2, -0.15) is 0 Å². The number of imide groups is 1. The van der Waals surface area contributed by atoms with Crippen LogP contribution in [0.2, 0.25) is 0 Å². The molecule has 0 saturated carbocycles. The Bertz CT molecular complexity index is 3080. The van der Waals surface area contributed by atoms with E-state index in [-0.39, 0.29) is 61.4 Å². The van der Waals surface area contributed by atoms with Crippen molar-refractivity contribution < 1.29 is 37.9 Å². The molecule has 1 aromatic heterocycles. The number of aryl methyl sites for hydroxylation is 2. The quantitative estimate of drug-likeness (QED) is 0.0608. The number of carbonyl (C=O) groups excluding carboxylic acids is 4. The number of imidazole rings is 1. The summed E-state index contributed by atoms with van der Waals surface area (Å²) in [5.41, 5.74) is 5.72. The number of hydrogen-bond donors (Lipinski definition) is 5. The molecule has 75 heavy (non-hydrogen) atoms. The van der Waals surface area contributed by atoms with E-state index < -0.39 is 23.9 Å². The number of benzene rings is 4. The van der Waals surface area contributed by atoms with Crippen molar-refractivity contribution in [3.05, 3.63) is 106 Å². The topological polar surface area (TPSA) is 190 Å². The average molecular weight is 1030 g/mol. The molecule has 5 fully saturated rings. The van der Waals surface area contributed by atoms with Crippen molar-refractivity contribution in [1.82, 2.24) is 34.9 Å². The summed E-state index contributed by atoms with van der Waals surface area (Å²) in [5.74, 6) is 4.35. The van der Waals surface area contributed by atoms with Gasteiger partial charge in [-0.15, -0.1) is 0 Å². The first-order valence-electron chi connectivity index (χ1n) is 26.3. The molecular formula is C57H67F2N9O7. The Labute approximate surface area is 435 Å². The van der Waals surface area contributed by atoms with E-state index in [0.717, 1.165) is 123 Å². The highest BCUT2D eigenvalue weighted by atomic mass is 19.3.